The van der Waals surface area contributed by atoms with E-state index in [0.717, 1.165) is 17.7 Å². The summed E-state index contributed by atoms with van der Waals surface area (Å²) >= 11 is 0. The number of carbonyl (C=O) groups excluding carboxylic acids is 2. The van der Waals surface area contributed by atoms with E-state index in [0.29, 0.717) is 5.92 Å². The summed E-state index contributed by atoms with van der Waals surface area (Å²) in [7, 11) is 0. The number of ether oxygens (including phenoxy) is 1. The molecule has 0 radical (unpaired) electrons. The average molecular weight is 305 g/mol. The van der Waals surface area contributed by atoms with Crippen molar-refractivity contribution >= 4 is 17.6 Å². The molecule has 0 aliphatic carbocycles. The number of nitrogens with one attached hydrogen (secondary N) is 1. The molecule has 0 heterocycles. The number of benzene rings is 1. The Hall–Kier alpha value is -1.84. The Balaban J connectivity index is 2.51. The van der Waals surface area contributed by atoms with Crippen molar-refractivity contribution in [2.24, 2.45) is 17.8 Å². The van der Waals surface area contributed by atoms with Crippen molar-refractivity contribution in [3.63, 3.8) is 0 Å². The van der Waals surface area contributed by atoms with Crippen molar-refractivity contribution in [2.45, 2.75) is 47.6 Å². The number of hydrogen-bond donors (Lipinski definition) is 1. The summed E-state index contributed by atoms with van der Waals surface area (Å²) < 4.78 is 5.17. The van der Waals surface area contributed by atoms with Crippen LogP contribution >= 0.6 is 0 Å². The van der Waals surface area contributed by atoms with E-state index < -0.39 is 0 Å². The zero-order valence-corrected chi connectivity index (χ0v) is 14.2. The minimum atomic E-state index is -0.208. The minimum absolute atomic E-state index is 0.00771. The molecule has 22 heavy (non-hydrogen) atoms. The third kappa shape index (κ3) is 6.29. The predicted octanol–water partition coefficient (Wildman–Crippen LogP) is 4.01. The molecule has 0 bridgehead atoms. The molecule has 1 atom stereocenters. The summed E-state index contributed by atoms with van der Waals surface area (Å²) in [6, 6.07) is 7.38. The van der Waals surface area contributed by atoms with Crippen molar-refractivity contribution in [1.82, 2.24) is 0 Å². The summed E-state index contributed by atoms with van der Waals surface area (Å²) in [6.07, 6.45) is 0.870. The third-order valence-corrected chi connectivity index (χ3v) is 3.35. The van der Waals surface area contributed by atoms with Crippen LogP contribution in [0.3, 0.4) is 0 Å². The number of rotatable bonds is 7. The standard InChI is InChI=1S/C18H27NO3/c1-12(2)10-14(5)17(20)19-16-8-6-15(7-9-16)11-22-18(21)13(3)4/h6-9,12-14H,10-11H2,1-5H3,(H,19,20)/t14-/m1/s1. The van der Waals surface area contributed by atoms with Gasteiger partial charge in [-0.2, -0.15) is 0 Å². The highest BCUT2D eigenvalue weighted by Crippen LogP contribution is 2.16. The molecule has 0 saturated carbocycles. The molecule has 0 spiro atoms. The number of anilines is 1. The summed E-state index contributed by atoms with van der Waals surface area (Å²) in [5.74, 6) is 0.194. The first kappa shape index (κ1) is 18.2. The quantitative estimate of drug-likeness (QED) is 0.774. The van der Waals surface area contributed by atoms with E-state index in [1.165, 1.54) is 0 Å². The highest BCUT2D eigenvalue weighted by molar-refractivity contribution is 5.92. The van der Waals surface area contributed by atoms with Crippen molar-refractivity contribution in [1.29, 1.82) is 0 Å². The van der Waals surface area contributed by atoms with E-state index >= 15 is 0 Å². The largest absolute Gasteiger partial charge is 0.461 e. The van der Waals surface area contributed by atoms with Crippen LogP contribution in [0.25, 0.3) is 0 Å². The minimum Gasteiger partial charge on any atom is -0.461 e. The molecule has 1 rings (SSSR count). The van der Waals surface area contributed by atoms with Gasteiger partial charge in [0.1, 0.15) is 6.61 Å². The third-order valence-electron chi connectivity index (χ3n) is 3.35. The molecule has 1 N–H and O–H groups in total. The van der Waals surface area contributed by atoms with Crippen LogP contribution in [-0.4, -0.2) is 11.9 Å². The number of amides is 1. The summed E-state index contributed by atoms with van der Waals surface area (Å²) in [4.78, 5) is 23.5. The molecule has 0 aliphatic heterocycles. The molecular formula is C18H27NO3. The molecule has 4 heteroatoms. The lowest BCUT2D eigenvalue weighted by Crippen LogP contribution is -2.21. The first-order valence-electron chi connectivity index (χ1n) is 7.86. The maximum Gasteiger partial charge on any atom is 0.308 e. The second kappa shape index (κ2) is 8.57. The smallest absolute Gasteiger partial charge is 0.308 e. The van der Waals surface area contributed by atoms with Gasteiger partial charge in [-0.15, -0.1) is 0 Å². The Morgan fingerprint density at radius 1 is 1.05 bits per heavy atom. The van der Waals surface area contributed by atoms with Gasteiger partial charge < -0.3 is 10.1 Å². The Kier molecular flexibility index (Phi) is 7.09. The van der Waals surface area contributed by atoms with Crippen molar-refractivity contribution in [3.8, 4) is 0 Å². The van der Waals surface area contributed by atoms with E-state index in [-0.39, 0.29) is 30.3 Å². The zero-order chi connectivity index (χ0) is 16.7. The lowest BCUT2D eigenvalue weighted by Gasteiger charge is -2.14. The SMILES string of the molecule is CC(C)C[C@@H](C)C(=O)Nc1ccc(COC(=O)C(C)C)cc1. The van der Waals surface area contributed by atoms with Gasteiger partial charge >= 0.3 is 5.97 Å². The van der Waals surface area contributed by atoms with Crippen molar-refractivity contribution < 1.29 is 14.3 Å². The van der Waals surface area contributed by atoms with Crippen LogP contribution in [0.1, 0.15) is 46.6 Å². The average Bonchev–Trinajstić information content (AvgIpc) is 2.45. The van der Waals surface area contributed by atoms with Crippen LogP contribution in [-0.2, 0) is 20.9 Å². The number of carbonyl (C=O) groups is 2. The Bertz CT molecular complexity index is 492. The highest BCUT2D eigenvalue weighted by Gasteiger charge is 2.14. The lowest BCUT2D eigenvalue weighted by molar-refractivity contribution is -0.148. The van der Waals surface area contributed by atoms with Gasteiger partial charge in [-0.05, 0) is 30.0 Å². The first-order chi connectivity index (χ1) is 10.3. The zero-order valence-electron chi connectivity index (χ0n) is 14.2. The molecule has 0 aliphatic rings. The van der Waals surface area contributed by atoms with Gasteiger partial charge in [0.2, 0.25) is 5.91 Å². The van der Waals surface area contributed by atoms with E-state index in [1.54, 1.807) is 13.8 Å². The van der Waals surface area contributed by atoms with Gasteiger partial charge in [0.05, 0.1) is 5.92 Å². The topological polar surface area (TPSA) is 55.4 Å². The van der Waals surface area contributed by atoms with Gasteiger partial charge in [-0.3, -0.25) is 9.59 Å². The fourth-order valence-corrected chi connectivity index (χ4v) is 2.09. The van der Waals surface area contributed by atoms with Gasteiger partial charge in [-0.25, -0.2) is 0 Å². The second-order valence-corrected chi connectivity index (χ2v) is 6.48. The Morgan fingerprint density at radius 2 is 1.64 bits per heavy atom. The molecule has 122 valence electrons. The monoisotopic (exact) mass is 305 g/mol. The summed E-state index contributed by atoms with van der Waals surface area (Å²) in [5.41, 5.74) is 1.67. The number of esters is 1. The van der Waals surface area contributed by atoms with Gasteiger partial charge in [0.15, 0.2) is 0 Å². The predicted molar refractivity (Wildman–Crippen MR) is 88.3 cm³/mol. The molecule has 1 amide bonds. The molecule has 0 unspecified atom stereocenters. The molecule has 0 fully saturated rings. The van der Waals surface area contributed by atoms with Gasteiger partial charge in [0.25, 0.3) is 0 Å². The summed E-state index contributed by atoms with van der Waals surface area (Å²) in [6.45, 7) is 10.0. The molecule has 0 aromatic heterocycles. The molecule has 1 aromatic carbocycles. The highest BCUT2D eigenvalue weighted by atomic mass is 16.5. The van der Waals surface area contributed by atoms with Crippen LogP contribution < -0.4 is 5.32 Å². The fraction of sp³-hybridized carbons (Fsp3) is 0.556. The van der Waals surface area contributed by atoms with Crippen LogP contribution in [0.2, 0.25) is 0 Å². The fourth-order valence-electron chi connectivity index (χ4n) is 2.09. The van der Waals surface area contributed by atoms with Crippen molar-refractivity contribution in [3.05, 3.63) is 29.8 Å². The van der Waals surface area contributed by atoms with E-state index in [1.807, 2.05) is 31.2 Å². The van der Waals surface area contributed by atoms with Gasteiger partial charge in [-0.1, -0.05) is 46.8 Å². The second-order valence-electron chi connectivity index (χ2n) is 6.48. The maximum atomic E-state index is 12.0. The Morgan fingerprint density at radius 3 is 2.14 bits per heavy atom. The maximum absolute atomic E-state index is 12.0. The lowest BCUT2D eigenvalue weighted by atomic mass is 9.98. The molecule has 0 saturated heterocycles. The van der Waals surface area contributed by atoms with Crippen LogP contribution in [0, 0.1) is 17.8 Å². The summed E-state index contributed by atoms with van der Waals surface area (Å²) in [5, 5.41) is 2.91. The first-order valence-corrected chi connectivity index (χ1v) is 7.86. The van der Waals surface area contributed by atoms with Crippen molar-refractivity contribution in [2.75, 3.05) is 5.32 Å². The normalized spacial score (nSPS) is 12.3. The molecular weight excluding hydrogens is 278 g/mol. The van der Waals surface area contributed by atoms with E-state index in [2.05, 4.69) is 19.2 Å². The number of hydrogen-bond acceptors (Lipinski definition) is 3. The van der Waals surface area contributed by atoms with E-state index in [9.17, 15) is 9.59 Å². The Labute approximate surface area is 133 Å². The molecule has 4 nitrogen and oxygen atoms in total. The van der Waals surface area contributed by atoms with Crippen LogP contribution in [0.15, 0.2) is 24.3 Å². The van der Waals surface area contributed by atoms with Gasteiger partial charge in [0, 0.05) is 11.6 Å². The molecule has 1 aromatic rings. The van der Waals surface area contributed by atoms with Crippen LogP contribution in [0.4, 0.5) is 5.69 Å². The van der Waals surface area contributed by atoms with E-state index in [4.69, 9.17) is 4.74 Å². The van der Waals surface area contributed by atoms with Crippen LogP contribution in [0.5, 0.6) is 0 Å².